The molecule has 0 aliphatic heterocycles. The maximum atomic E-state index is 3.98. The van der Waals surface area contributed by atoms with E-state index >= 15 is 0 Å². The number of hydrogen-bond donors (Lipinski definition) is 0. The third-order valence-corrected chi connectivity index (χ3v) is 1.53. The van der Waals surface area contributed by atoms with Crippen LogP contribution in [0.1, 0.15) is 26.1 Å². The SMILES string of the molecule is Br.CC=CCC.Cc1nccn1C. The van der Waals surface area contributed by atoms with Crippen molar-refractivity contribution < 1.29 is 0 Å². The molecule has 0 atom stereocenters. The summed E-state index contributed by atoms with van der Waals surface area (Å²) in [6.45, 7) is 6.13. The standard InChI is InChI=1S/C5H8N2.C5H10.BrH/c1-5-6-3-4-7(5)2;1-3-5-4-2;/h3-4H,1-2H3;3,5H,4H2,1-2H3;1H. The van der Waals surface area contributed by atoms with Gasteiger partial charge in [-0.25, -0.2) is 4.98 Å². The summed E-state index contributed by atoms with van der Waals surface area (Å²) in [5, 5.41) is 0. The second-order valence-corrected chi connectivity index (χ2v) is 2.56. The molecule has 13 heavy (non-hydrogen) atoms. The number of nitrogens with zero attached hydrogens (tertiary/aromatic N) is 2. The molecule has 0 fully saturated rings. The number of halogens is 1. The van der Waals surface area contributed by atoms with Crippen molar-refractivity contribution in [3.63, 3.8) is 0 Å². The Balaban J connectivity index is 0. The van der Waals surface area contributed by atoms with Gasteiger partial charge < -0.3 is 4.57 Å². The van der Waals surface area contributed by atoms with Crippen molar-refractivity contribution in [3.8, 4) is 0 Å². The minimum absolute atomic E-state index is 0. The Morgan fingerprint density at radius 1 is 1.54 bits per heavy atom. The van der Waals surface area contributed by atoms with Crippen molar-refractivity contribution in [3.05, 3.63) is 30.4 Å². The molecule has 0 bridgehead atoms. The van der Waals surface area contributed by atoms with Gasteiger partial charge in [0.25, 0.3) is 0 Å². The van der Waals surface area contributed by atoms with E-state index in [1.165, 1.54) is 0 Å². The van der Waals surface area contributed by atoms with E-state index in [4.69, 9.17) is 0 Å². The first kappa shape index (κ1) is 14.9. The van der Waals surface area contributed by atoms with Crippen molar-refractivity contribution >= 4 is 17.0 Å². The summed E-state index contributed by atoms with van der Waals surface area (Å²) in [6.07, 6.45) is 9.06. The van der Waals surface area contributed by atoms with Crippen LogP contribution in [0, 0.1) is 6.92 Å². The van der Waals surface area contributed by atoms with E-state index in [9.17, 15) is 0 Å². The van der Waals surface area contributed by atoms with E-state index in [1.54, 1.807) is 6.20 Å². The molecule has 3 heteroatoms. The minimum atomic E-state index is 0. The van der Waals surface area contributed by atoms with Crippen molar-refractivity contribution in [1.29, 1.82) is 0 Å². The Bertz CT molecular complexity index is 212. The lowest BCUT2D eigenvalue weighted by Crippen LogP contribution is -1.86. The first-order chi connectivity index (χ1) is 5.72. The fourth-order valence-electron chi connectivity index (χ4n) is 0.676. The summed E-state index contributed by atoms with van der Waals surface area (Å²) in [7, 11) is 1.97. The lowest BCUT2D eigenvalue weighted by molar-refractivity contribution is 0.858. The molecular weight excluding hydrogens is 228 g/mol. The van der Waals surface area contributed by atoms with Gasteiger partial charge in [0, 0.05) is 19.4 Å². The van der Waals surface area contributed by atoms with Crippen LogP contribution >= 0.6 is 17.0 Å². The van der Waals surface area contributed by atoms with Gasteiger partial charge in [0.2, 0.25) is 0 Å². The first-order valence-electron chi connectivity index (χ1n) is 4.27. The Morgan fingerprint density at radius 2 is 2.15 bits per heavy atom. The molecule has 0 aromatic carbocycles. The molecule has 0 amide bonds. The fraction of sp³-hybridized carbons (Fsp3) is 0.500. The van der Waals surface area contributed by atoms with Crippen LogP contribution in [0.15, 0.2) is 24.5 Å². The zero-order valence-electron chi connectivity index (χ0n) is 8.82. The van der Waals surface area contributed by atoms with Crippen LogP contribution in [0.25, 0.3) is 0 Å². The Morgan fingerprint density at radius 3 is 2.23 bits per heavy atom. The average molecular weight is 247 g/mol. The maximum absolute atomic E-state index is 3.98. The smallest absolute Gasteiger partial charge is 0.105 e. The molecule has 0 aliphatic rings. The summed E-state index contributed by atoms with van der Waals surface area (Å²) in [6, 6.07) is 0. The minimum Gasteiger partial charge on any atom is -0.338 e. The van der Waals surface area contributed by atoms with Crippen molar-refractivity contribution in [2.45, 2.75) is 27.2 Å². The van der Waals surface area contributed by atoms with Gasteiger partial charge in [-0.05, 0) is 20.3 Å². The van der Waals surface area contributed by atoms with Gasteiger partial charge in [0.05, 0.1) is 0 Å². The summed E-state index contributed by atoms with van der Waals surface area (Å²) < 4.78 is 1.97. The van der Waals surface area contributed by atoms with Crippen LogP contribution in [0.5, 0.6) is 0 Å². The monoisotopic (exact) mass is 246 g/mol. The molecule has 0 spiro atoms. The molecule has 1 heterocycles. The Labute approximate surface area is 91.5 Å². The number of aromatic nitrogens is 2. The number of allylic oxidation sites excluding steroid dienone is 2. The summed E-state index contributed by atoms with van der Waals surface area (Å²) in [5.74, 6) is 1.06. The van der Waals surface area contributed by atoms with E-state index in [-0.39, 0.29) is 17.0 Å². The zero-order valence-corrected chi connectivity index (χ0v) is 10.5. The molecule has 0 saturated heterocycles. The van der Waals surface area contributed by atoms with Gasteiger partial charge in [0.1, 0.15) is 5.82 Å². The summed E-state index contributed by atoms with van der Waals surface area (Å²) >= 11 is 0. The molecular formula is C10H19BrN2. The number of rotatable bonds is 1. The van der Waals surface area contributed by atoms with Gasteiger partial charge in [-0.15, -0.1) is 17.0 Å². The summed E-state index contributed by atoms with van der Waals surface area (Å²) in [5.41, 5.74) is 0. The molecule has 1 aromatic heterocycles. The number of imidazole rings is 1. The second-order valence-electron chi connectivity index (χ2n) is 2.56. The topological polar surface area (TPSA) is 17.8 Å². The highest BCUT2D eigenvalue weighted by molar-refractivity contribution is 8.93. The van der Waals surface area contributed by atoms with Gasteiger partial charge in [-0.3, -0.25) is 0 Å². The van der Waals surface area contributed by atoms with E-state index in [0.29, 0.717) is 0 Å². The van der Waals surface area contributed by atoms with Crippen molar-refractivity contribution in [1.82, 2.24) is 9.55 Å². The highest BCUT2D eigenvalue weighted by atomic mass is 79.9. The molecule has 0 aliphatic carbocycles. The third-order valence-electron chi connectivity index (χ3n) is 1.53. The number of aryl methyl sites for hydroxylation is 2. The normalized spacial score (nSPS) is 8.92. The van der Waals surface area contributed by atoms with Crippen LogP contribution in [-0.4, -0.2) is 9.55 Å². The van der Waals surface area contributed by atoms with Crippen molar-refractivity contribution in [2.24, 2.45) is 7.05 Å². The predicted octanol–water partition coefficient (Wildman–Crippen LogP) is 3.28. The van der Waals surface area contributed by atoms with E-state index in [1.807, 2.05) is 31.7 Å². The fourth-order valence-corrected chi connectivity index (χ4v) is 0.676. The molecule has 1 aromatic rings. The number of hydrogen-bond acceptors (Lipinski definition) is 1. The van der Waals surface area contributed by atoms with Gasteiger partial charge in [0.15, 0.2) is 0 Å². The average Bonchev–Trinajstić information content (AvgIpc) is 2.39. The Kier molecular flexibility index (Phi) is 10.9. The molecule has 1 rings (SSSR count). The predicted molar refractivity (Wildman–Crippen MR) is 63.4 cm³/mol. The van der Waals surface area contributed by atoms with Gasteiger partial charge >= 0.3 is 0 Å². The van der Waals surface area contributed by atoms with Gasteiger partial charge in [-0.2, -0.15) is 0 Å². The third kappa shape index (κ3) is 7.78. The zero-order chi connectivity index (χ0) is 9.40. The van der Waals surface area contributed by atoms with Gasteiger partial charge in [-0.1, -0.05) is 19.1 Å². The van der Waals surface area contributed by atoms with Crippen LogP contribution in [0.2, 0.25) is 0 Å². The molecule has 0 N–H and O–H groups in total. The molecule has 76 valence electrons. The highest BCUT2D eigenvalue weighted by Gasteiger charge is 1.83. The maximum Gasteiger partial charge on any atom is 0.105 e. The lowest BCUT2D eigenvalue weighted by Gasteiger charge is -1.87. The molecule has 0 unspecified atom stereocenters. The van der Waals surface area contributed by atoms with Crippen LogP contribution in [-0.2, 0) is 7.05 Å². The second kappa shape index (κ2) is 9.52. The van der Waals surface area contributed by atoms with Crippen molar-refractivity contribution in [2.75, 3.05) is 0 Å². The van der Waals surface area contributed by atoms with E-state index in [2.05, 4.69) is 24.1 Å². The van der Waals surface area contributed by atoms with Crippen LogP contribution < -0.4 is 0 Å². The van der Waals surface area contributed by atoms with E-state index < -0.39 is 0 Å². The van der Waals surface area contributed by atoms with Crippen LogP contribution in [0.4, 0.5) is 0 Å². The largest absolute Gasteiger partial charge is 0.338 e. The molecule has 2 nitrogen and oxygen atoms in total. The highest BCUT2D eigenvalue weighted by Crippen LogP contribution is 1.86. The molecule has 0 radical (unpaired) electrons. The first-order valence-corrected chi connectivity index (χ1v) is 4.27. The quantitative estimate of drug-likeness (QED) is 0.696. The summed E-state index contributed by atoms with van der Waals surface area (Å²) in [4.78, 5) is 3.98. The lowest BCUT2D eigenvalue weighted by atomic mass is 10.4. The van der Waals surface area contributed by atoms with E-state index in [0.717, 1.165) is 12.2 Å². The van der Waals surface area contributed by atoms with Crippen LogP contribution in [0.3, 0.4) is 0 Å². The Hall–Kier alpha value is -0.570. The molecule has 0 saturated carbocycles.